The van der Waals surface area contributed by atoms with Crippen molar-refractivity contribution < 1.29 is 43.2 Å². The van der Waals surface area contributed by atoms with Crippen LogP contribution in [0.25, 0.3) is 0 Å². The SMILES string of the molecule is O=[Si]([O-])OCc1ccccc1.[Na+]. The van der Waals surface area contributed by atoms with Crippen LogP contribution >= 0.6 is 0 Å². The van der Waals surface area contributed by atoms with Gasteiger partial charge < -0.3 is 13.7 Å². The van der Waals surface area contributed by atoms with Crippen LogP contribution < -0.4 is 34.4 Å². The third-order valence-corrected chi connectivity index (χ3v) is 1.58. The monoisotopic (exact) mass is 190 g/mol. The zero-order valence-corrected chi connectivity index (χ0v) is 9.82. The molecule has 0 spiro atoms. The average molecular weight is 190 g/mol. The standard InChI is InChI=1S/C7H7O3Si.Na/c8-11(9)10-6-7-4-2-1-3-5-7;/h1-5H,6H2;/q-1;+1. The molecule has 0 saturated heterocycles. The van der Waals surface area contributed by atoms with E-state index < -0.39 is 9.17 Å². The summed E-state index contributed by atoms with van der Waals surface area (Å²) >= 11 is 0. The first-order valence-electron chi connectivity index (χ1n) is 3.17. The van der Waals surface area contributed by atoms with E-state index in [-0.39, 0.29) is 36.2 Å². The number of rotatable bonds is 3. The normalized spacial score (nSPS) is 8.33. The summed E-state index contributed by atoms with van der Waals surface area (Å²) in [5.74, 6) is 0. The fourth-order valence-corrected chi connectivity index (χ4v) is 1.00. The van der Waals surface area contributed by atoms with Gasteiger partial charge in [-0.1, -0.05) is 30.3 Å². The Bertz CT molecular complexity index is 240. The van der Waals surface area contributed by atoms with Gasteiger partial charge in [-0.2, -0.15) is 0 Å². The van der Waals surface area contributed by atoms with E-state index >= 15 is 0 Å². The van der Waals surface area contributed by atoms with Gasteiger partial charge in [0.05, 0.1) is 0 Å². The third-order valence-electron chi connectivity index (χ3n) is 1.20. The molecule has 0 aliphatic heterocycles. The van der Waals surface area contributed by atoms with E-state index in [2.05, 4.69) is 4.43 Å². The van der Waals surface area contributed by atoms with Gasteiger partial charge in [-0.25, -0.2) is 0 Å². The molecule has 58 valence electrons. The van der Waals surface area contributed by atoms with Gasteiger partial charge in [0.1, 0.15) is 0 Å². The summed E-state index contributed by atoms with van der Waals surface area (Å²) in [6.07, 6.45) is 0. The third kappa shape index (κ3) is 4.66. The fourth-order valence-electron chi connectivity index (χ4n) is 0.716. The predicted octanol–water partition coefficient (Wildman–Crippen LogP) is -3.02. The molecule has 0 aliphatic carbocycles. The summed E-state index contributed by atoms with van der Waals surface area (Å²) in [7, 11) is -3.03. The summed E-state index contributed by atoms with van der Waals surface area (Å²) in [4.78, 5) is 10.0. The molecular formula is C7H7NaO3Si. The summed E-state index contributed by atoms with van der Waals surface area (Å²) in [5.41, 5.74) is 0.863. The number of hydrogen-bond donors (Lipinski definition) is 0. The van der Waals surface area contributed by atoms with Crippen molar-refractivity contribution in [2.24, 2.45) is 0 Å². The first kappa shape index (κ1) is 11.8. The molecule has 0 aromatic heterocycles. The van der Waals surface area contributed by atoms with Crippen LogP contribution in [-0.2, 0) is 15.5 Å². The second-order valence-corrected chi connectivity index (χ2v) is 2.81. The van der Waals surface area contributed by atoms with E-state index in [9.17, 15) is 9.26 Å². The van der Waals surface area contributed by atoms with Gasteiger partial charge in [-0.15, -0.1) is 0 Å². The minimum absolute atomic E-state index is 0. The molecule has 1 aromatic carbocycles. The van der Waals surface area contributed by atoms with Gasteiger partial charge in [-0.3, -0.25) is 0 Å². The summed E-state index contributed by atoms with van der Waals surface area (Å²) in [5, 5.41) is 0. The van der Waals surface area contributed by atoms with Gasteiger partial charge in [0.25, 0.3) is 0 Å². The molecule has 0 fully saturated rings. The maximum absolute atomic E-state index is 10.0. The van der Waals surface area contributed by atoms with Crippen LogP contribution in [0.4, 0.5) is 0 Å². The van der Waals surface area contributed by atoms with E-state index in [1.54, 1.807) is 0 Å². The number of benzene rings is 1. The zero-order valence-electron chi connectivity index (χ0n) is 6.82. The van der Waals surface area contributed by atoms with Gasteiger partial charge in [0, 0.05) is 6.61 Å². The van der Waals surface area contributed by atoms with Crippen molar-refractivity contribution in [3.8, 4) is 0 Å². The molecule has 0 N–H and O–H groups in total. The van der Waals surface area contributed by atoms with Crippen molar-refractivity contribution in [3.63, 3.8) is 0 Å². The van der Waals surface area contributed by atoms with Gasteiger partial charge in [0.15, 0.2) is 0 Å². The molecule has 5 heteroatoms. The molecule has 0 amide bonds. The largest absolute Gasteiger partial charge is 1.00 e. The Morgan fingerprint density at radius 1 is 1.33 bits per heavy atom. The molecule has 0 unspecified atom stereocenters. The van der Waals surface area contributed by atoms with Crippen LogP contribution in [0.3, 0.4) is 0 Å². The van der Waals surface area contributed by atoms with E-state index in [4.69, 9.17) is 0 Å². The summed E-state index contributed by atoms with van der Waals surface area (Å²) in [6.45, 7) is 0.141. The van der Waals surface area contributed by atoms with Gasteiger partial charge in [0.2, 0.25) is 0 Å². The van der Waals surface area contributed by atoms with Crippen molar-refractivity contribution in [2.75, 3.05) is 0 Å². The topological polar surface area (TPSA) is 49.4 Å². The molecule has 12 heavy (non-hydrogen) atoms. The van der Waals surface area contributed by atoms with Crippen molar-refractivity contribution in [3.05, 3.63) is 35.9 Å². The molecule has 0 atom stereocenters. The zero-order chi connectivity index (χ0) is 8.10. The summed E-state index contributed by atoms with van der Waals surface area (Å²) in [6, 6.07) is 9.15. The second-order valence-electron chi connectivity index (χ2n) is 2.02. The van der Waals surface area contributed by atoms with Crippen LogP contribution in [-0.4, -0.2) is 9.17 Å². The number of hydrogen-bond acceptors (Lipinski definition) is 3. The Kier molecular flexibility index (Phi) is 6.28. The predicted molar refractivity (Wildman–Crippen MR) is 37.7 cm³/mol. The maximum atomic E-state index is 10.0. The van der Waals surface area contributed by atoms with Gasteiger partial charge in [-0.05, 0) is 5.56 Å². The quantitative estimate of drug-likeness (QED) is 0.477. The molecule has 1 aromatic rings. The molecule has 0 saturated carbocycles. The molecule has 0 heterocycles. The Hall–Kier alpha value is -0.163. The fraction of sp³-hybridized carbons (Fsp3) is 0.143. The first-order chi connectivity index (χ1) is 5.29. The van der Waals surface area contributed by atoms with Crippen molar-refractivity contribution >= 4 is 9.17 Å². The molecule has 1 rings (SSSR count). The minimum atomic E-state index is -3.03. The molecule has 3 nitrogen and oxygen atoms in total. The van der Waals surface area contributed by atoms with E-state index in [1.807, 2.05) is 30.3 Å². The Morgan fingerprint density at radius 3 is 2.42 bits per heavy atom. The molecular weight excluding hydrogens is 183 g/mol. The van der Waals surface area contributed by atoms with E-state index in [0.717, 1.165) is 5.56 Å². The second kappa shape index (κ2) is 6.36. The van der Waals surface area contributed by atoms with Crippen LogP contribution in [0.2, 0.25) is 0 Å². The van der Waals surface area contributed by atoms with Crippen LogP contribution in [0.5, 0.6) is 0 Å². The summed E-state index contributed by atoms with van der Waals surface area (Å²) < 4.78 is 14.4. The van der Waals surface area contributed by atoms with Crippen molar-refractivity contribution in [1.82, 2.24) is 0 Å². The average Bonchev–Trinajstić information content (AvgIpc) is 2.03. The molecule has 0 aliphatic rings. The van der Waals surface area contributed by atoms with Crippen molar-refractivity contribution in [1.29, 1.82) is 0 Å². The smallest absolute Gasteiger partial charge is 0.584 e. The van der Waals surface area contributed by atoms with E-state index in [1.165, 1.54) is 0 Å². The first-order valence-corrected chi connectivity index (χ1v) is 4.39. The van der Waals surface area contributed by atoms with Crippen LogP contribution in [0.15, 0.2) is 30.3 Å². The van der Waals surface area contributed by atoms with Gasteiger partial charge >= 0.3 is 38.7 Å². The Labute approximate surface area is 94.6 Å². The Balaban J connectivity index is 0.00000121. The van der Waals surface area contributed by atoms with Crippen LogP contribution in [0, 0.1) is 0 Å². The minimum Gasteiger partial charge on any atom is -0.584 e. The maximum Gasteiger partial charge on any atom is 1.00 e. The van der Waals surface area contributed by atoms with Crippen molar-refractivity contribution in [2.45, 2.75) is 6.61 Å². The van der Waals surface area contributed by atoms with E-state index in [0.29, 0.717) is 0 Å². The van der Waals surface area contributed by atoms with Crippen LogP contribution in [0.1, 0.15) is 5.56 Å². The molecule has 0 radical (unpaired) electrons. The molecule has 0 bridgehead atoms. The Morgan fingerprint density at radius 2 is 1.92 bits per heavy atom.